The number of hydrogen-bond donors (Lipinski definition) is 2. The Morgan fingerprint density at radius 3 is 2.36 bits per heavy atom. The second-order valence-corrected chi connectivity index (χ2v) is 16.2. The van der Waals surface area contributed by atoms with Crippen LogP contribution in [0, 0.1) is 23.5 Å². The number of anilines is 1. The third kappa shape index (κ3) is 10.2. The molecule has 19 heteroatoms. The Bertz CT molecular complexity index is 2320. The van der Waals surface area contributed by atoms with Gasteiger partial charge in [0.15, 0.2) is 5.82 Å². The molecule has 5 rings (SSSR count). The molecular formula is C36H36ClF5N6O6S. The Morgan fingerprint density at radius 1 is 1.09 bits per heavy atom. The monoisotopic (exact) mass is 810 g/mol. The van der Waals surface area contributed by atoms with Gasteiger partial charge in [0.25, 0.3) is 0 Å². The first-order valence-corrected chi connectivity index (χ1v) is 18.8. The van der Waals surface area contributed by atoms with Crippen LogP contribution in [0.2, 0.25) is 5.02 Å². The maximum Gasteiger partial charge on any atom is 0.471 e. The zero-order valence-corrected chi connectivity index (χ0v) is 31.9. The van der Waals surface area contributed by atoms with Crippen molar-refractivity contribution in [2.45, 2.75) is 57.5 Å². The zero-order valence-electron chi connectivity index (χ0n) is 30.4. The van der Waals surface area contributed by atoms with Crippen molar-refractivity contribution < 1.29 is 49.4 Å². The summed E-state index contributed by atoms with van der Waals surface area (Å²) in [7, 11) is -2.37. The van der Waals surface area contributed by atoms with E-state index in [1.807, 2.05) is 5.32 Å². The predicted molar refractivity (Wildman–Crippen MR) is 193 cm³/mol. The quantitative estimate of drug-likeness (QED) is 0.164. The molecule has 55 heavy (non-hydrogen) atoms. The summed E-state index contributed by atoms with van der Waals surface area (Å²) in [6.07, 6.45) is -5.60. The minimum absolute atomic E-state index is 0.00233. The van der Waals surface area contributed by atoms with Gasteiger partial charge in [-0.3, -0.25) is 14.2 Å². The van der Waals surface area contributed by atoms with Gasteiger partial charge >= 0.3 is 18.2 Å². The molecule has 2 aromatic heterocycles. The molecule has 1 aliphatic heterocycles. The molecule has 294 valence electrons. The molecule has 2 atom stereocenters. The average molecular weight is 811 g/mol. The van der Waals surface area contributed by atoms with Crippen LogP contribution >= 0.6 is 11.6 Å². The van der Waals surface area contributed by atoms with Crippen LogP contribution in [0.4, 0.5) is 32.6 Å². The summed E-state index contributed by atoms with van der Waals surface area (Å²) < 4.78 is 109. The van der Waals surface area contributed by atoms with Gasteiger partial charge in [0.05, 0.1) is 47.1 Å². The summed E-state index contributed by atoms with van der Waals surface area (Å²) in [6.45, 7) is 7.15. The second kappa shape index (κ2) is 15.3. The van der Waals surface area contributed by atoms with E-state index in [9.17, 15) is 40.0 Å². The van der Waals surface area contributed by atoms with Crippen LogP contribution in [-0.2, 0) is 37.8 Å². The number of nitrogens with one attached hydrogen (secondary N) is 2. The van der Waals surface area contributed by atoms with E-state index in [2.05, 4.69) is 26.6 Å². The number of pyridine rings is 1. The smallest absolute Gasteiger partial charge is 0.444 e. The largest absolute Gasteiger partial charge is 0.471 e. The SMILES string of the molecule is Cn1nc(NS(C)(=O)=O)c2c(Cl)ccc(-c3ccc(C#C[C@]4(C)CN(C(=O)OC(C)(C)C)CCO4)nc3[C@H](Cc3cc(F)cc(F)c3)NC(=O)C(F)(F)F)c21. The number of hydrogen-bond acceptors (Lipinski definition) is 8. The predicted octanol–water partition coefficient (Wildman–Crippen LogP) is 6.28. The van der Waals surface area contributed by atoms with Gasteiger partial charge in [0.2, 0.25) is 10.0 Å². The first-order valence-electron chi connectivity index (χ1n) is 16.5. The van der Waals surface area contributed by atoms with E-state index in [4.69, 9.17) is 21.1 Å². The molecule has 2 N–H and O–H groups in total. The normalized spacial score (nSPS) is 17.0. The number of fused-ring (bicyclic) bond motifs is 1. The number of carbonyl (C=O) groups is 2. The molecule has 0 bridgehead atoms. The number of amides is 2. The van der Waals surface area contributed by atoms with Crippen molar-refractivity contribution in [1.82, 2.24) is 25.0 Å². The molecule has 1 aliphatic rings. The van der Waals surface area contributed by atoms with Crippen LogP contribution in [-0.4, -0.2) is 83.4 Å². The van der Waals surface area contributed by atoms with Crippen molar-refractivity contribution >= 4 is 50.3 Å². The molecule has 1 fully saturated rings. The van der Waals surface area contributed by atoms with Crippen molar-refractivity contribution in [3.05, 3.63) is 76.1 Å². The van der Waals surface area contributed by atoms with Gasteiger partial charge in [0.1, 0.15) is 28.5 Å². The van der Waals surface area contributed by atoms with Gasteiger partial charge in [0, 0.05) is 30.8 Å². The highest BCUT2D eigenvalue weighted by atomic mass is 35.5. The molecule has 0 unspecified atom stereocenters. The Hall–Kier alpha value is -4.99. The van der Waals surface area contributed by atoms with Crippen LogP contribution < -0.4 is 10.0 Å². The fraction of sp³-hybridized carbons (Fsp3) is 0.389. The fourth-order valence-electron chi connectivity index (χ4n) is 5.93. The molecule has 4 aromatic rings. The summed E-state index contributed by atoms with van der Waals surface area (Å²) in [5.74, 6) is 1.28. The van der Waals surface area contributed by atoms with Gasteiger partial charge in [-0.2, -0.15) is 18.3 Å². The number of halogens is 6. The molecule has 0 aliphatic carbocycles. The number of benzene rings is 2. The van der Waals surface area contributed by atoms with Crippen LogP contribution in [0.5, 0.6) is 0 Å². The number of aryl methyl sites for hydroxylation is 1. The first-order chi connectivity index (χ1) is 25.4. The minimum Gasteiger partial charge on any atom is -0.444 e. The van der Waals surface area contributed by atoms with Crippen molar-refractivity contribution in [3.63, 3.8) is 0 Å². The summed E-state index contributed by atoms with van der Waals surface area (Å²) in [4.78, 5) is 31.3. The van der Waals surface area contributed by atoms with Crippen LogP contribution in [0.15, 0.2) is 42.5 Å². The number of morpholine rings is 1. The number of carbonyl (C=O) groups excluding carboxylic acids is 2. The van der Waals surface area contributed by atoms with E-state index in [-0.39, 0.29) is 69.5 Å². The van der Waals surface area contributed by atoms with Gasteiger partial charge < -0.3 is 19.7 Å². The summed E-state index contributed by atoms with van der Waals surface area (Å²) in [5, 5.41) is 6.39. The Labute approximate surface area is 318 Å². The molecule has 0 saturated carbocycles. The Kier molecular flexibility index (Phi) is 11.4. The number of nitrogens with zero attached hydrogens (tertiary/aromatic N) is 4. The van der Waals surface area contributed by atoms with Gasteiger partial charge in [-0.25, -0.2) is 27.0 Å². The van der Waals surface area contributed by atoms with E-state index in [0.29, 0.717) is 6.07 Å². The van der Waals surface area contributed by atoms with E-state index >= 15 is 0 Å². The highest BCUT2D eigenvalue weighted by Gasteiger charge is 2.41. The lowest BCUT2D eigenvalue weighted by atomic mass is 9.93. The minimum atomic E-state index is -5.36. The Balaban J connectivity index is 1.70. The number of alkyl halides is 3. The summed E-state index contributed by atoms with van der Waals surface area (Å²) in [5.41, 5.74) is -1.74. The van der Waals surface area contributed by atoms with Crippen LogP contribution in [0.3, 0.4) is 0 Å². The van der Waals surface area contributed by atoms with E-state index < -0.39 is 63.5 Å². The molecule has 12 nitrogen and oxygen atoms in total. The first kappa shape index (κ1) is 41.2. The van der Waals surface area contributed by atoms with Crippen molar-refractivity contribution in [1.29, 1.82) is 0 Å². The molecule has 2 aromatic carbocycles. The summed E-state index contributed by atoms with van der Waals surface area (Å²) in [6, 6.07) is 6.53. The lowest BCUT2D eigenvalue weighted by Gasteiger charge is -2.37. The van der Waals surface area contributed by atoms with Crippen LogP contribution in [0.25, 0.3) is 22.0 Å². The average Bonchev–Trinajstić information content (AvgIpc) is 3.36. The molecule has 2 amide bonds. The van der Waals surface area contributed by atoms with E-state index in [1.54, 1.807) is 27.7 Å². The molecule has 1 saturated heterocycles. The second-order valence-electron chi connectivity index (χ2n) is 14.0. The zero-order chi connectivity index (χ0) is 40.7. The Morgan fingerprint density at radius 2 is 1.75 bits per heavy atom. The topological polar surface area (TPSA) is 145 Å². The number of sulfonamides is 1. The van der Waals surface area contributed by atoms with Gasteiger partial charge in [-0.15, -0.1) is 0 Å². The van der Waals surface area contributed by atoms with Crippen LogP contribution in [0.1, 0.15) is 50.7 Å². The third-order valence-electron chi connectivity index (χ3n) is 8.07. The maximum absolute atomic E-state index is 14.3. The van der Waals surface area contributed by atoms with E-state index in [0.717, 1.165) is 18.4 Å². The molecule has 0 radical (unpaired) electrons. The van der Waals surface area contributed by atoms with Crippen molar-refractivity contribution in [2.24, 2.45) is 7.05 Å². The van der Waals surface area contributed by atoms with E-state index in [1.165, 1.54) is 40.9 Å². The fourth-order valence-corrected chi connectivity index (χ4v) is 6.66. The number of rotatable bonds is 7. The highest BCUT2D eigenvalue weighted by Crippen LogP contribution is 2.40. The third-order valence-corrected chi connectivity index (χ3v) is 8.95. The molecule has 3 heterocycles. The lowest BCUT2D eigenvalue weighted by Crippen LogP contribution is -2.52. The molecule has 0 spiro atoms. The van der Waals surface area contributed by atoms with Gasteiger partial charge in [-0.1, -0.05) is 23.6 Å². The maximum atomic E-state index is 14.3. The van der Waals surface area contributed by atoms with Crippen molar-refractivity contribution in [2.75, 3.05) is 30.7 Å². The standard InChI is InChI=1S/C36H36ClF5N6O6S/c1-34(2,3)54-33(50)48-13-14-53-35(4,19-48)12-11-23-7-8-24(25-9-10-26(37)28-30(25)47(5)45-31(28)46-55(6,51)52)29(43-23)27(44-32(49)36(40,41)42)17-20-15-21(38)18-22(39)16-20/h7-10,15-16,18,27H,13-14,17,19H2,1-6H3,(H,44,49)(H,45,46)/t27-,35+/m0/s1. The van der Waals surface area contributed by atoms with Gasteiger partial charge in [-0.05, 0) is 75.9 Å². The number of aromatic nitrogens is 3. The highest BCUT2D eigenvalue weighted by molar-refractivity contribution is 7.92. The van der Waals surface area contributed by atoms with Crippen molar-refractivity contribution in [3.8, 4) is 23.0 Å². The lowest BCUT2D eigenvalue weighted by molar-refractivity contribution is -0.174. The molecular weight excluding hydrogens is 775 g/mol. The summed E-state index contributed by atoms with van der Waals surface area (Å²) >= 11 is 6.52. The number of ether oxygens (including phenoxy) is 2.